The zero-order valence-electron chi connectivity index (χ0n) is 13.3. The average Bonchev–Trinajstić information content (AvgIpc) is 2.90. The molecule has 2 aromatic carbocycles. The van der Waals surface area contributed by atoms with E-state index in [2.05, 4.69) is 40.9 Å². The number of hydrogen-bond acceptors (Lipinski definition) is 2. The lowest BCUT2D eigenvalue weighted by atomic mass is 10.1. The van der Waals surface area contributed by atoms with E-state index in [0.29, 0.717) is 11.4 Å². The molecule has 4 nitrogen and oxygen atoms in total. The Balaban J connectivity index is 1.97. The van der Waals surface area contributed by atoms with Gasteiger partial charge in [0.15, 0.2) is 0 Å². The monoisotopic (exact) mass is 303 g/mol. The standard InChI is InChI=1S/C19H17N3O/c1-10-4-5-15-13(6-10)9-14(19(23)22-15)18-20-16-7-11(2)12(3)8-17(16)21-18/h4-9H,1-3H3,(H,20,21)(H,22,23). The molecule has 23 heavy (non-hydrogen) atoms. The molecule has 4 rings (SSSR count). The van der Waals surface area contributed by atoms with E-state index >= 15 is 0 Å². The molecule has 0 aliphatic carbocycles. The second-order valence-corrected chi connectivity index (χ2v) is 6.14. The van der Waals surface area contributed by atoms with Gasteiger partial charge in [-0.3, -0.25) is 4.79 Å². The molecule has 2 aromatic heterocycles. The van der Waals surface area contributed by atoms with Gasteiger partial charge in [-0.2, -0.15) is 0 Å². The van der Waals surface area contributed by atoms with Gasteiger partial charge in [-0.15, -0.1) is 0 Å². The highest BCUT2D eigenvalue weighted by molar-refractivity contribution is 5.85. The van der Waals surface area contributed by atoms with E-state index in [9.17, 15) is 4.79 Å². The summed E-state index contributed by atoms with van der Waals surface area (Å²) in [5.74, 6) is 0.606. The van der Waals surface area contributed by atoms with Gasteiger partial charge in [-0.25, -0.2) is 4.98 Å². The third-order valence-corrected chi connectivity index (χ3v) is 4.35. The second kappa shape index (κ2) is 4.81. The van der Waals surface area contributed by atoms with E-state index in [1.165, 1.54) is 11.1 Å². The number of H-pyrrole nitrogens is 2. The highest BCUT2D eigenvalue weighted by atomic mass is 16.1. The third kappa shape index (κ3) is 2.23. The maximum Gasteiger partial charge on any atom is 0.259 e. The van der Waals surface area contributed by atoms with Crippen LogP contribution in [0.3, 0.4) is 0 Å². The Morgan fingerprint density at radius 2 is 1.65 bits per heavy atom. The van der Waals surface area contributed by atoms with Crippen molar-refractivity contribution in [1.82, 2.24) is 15.0 Å². The number of nitrogens with one attached hydrogen (secondary N) is 2. The van der Waals surface area contributed by atoms with E-state index in [0.717, 1.165) is 27.5 Å². The van der Waals surface area contributed by atoms with Crippen LogP contribution < -0.4 is 5.56 Å². The number of fused-ring (bicyclic) bond motifs is 2. The maximum absolute atomic E-state index is 12.4. The number of imidazole rings is 1. The van der Waals surface area contributed by atoms with Gasteiger partial charge in [-0.1, -0.05) is 11.6 Å². The molecular formula is C19H17N3O. The molecule has 0 radical (unpaired) electrons. The summed E-state index contributed by atoms with van der Waals surface area (Å²) in [5, 5.41) is 1.01. The van der Waals surface area contributed by atoms with E-state index in [1.807, 2.05) is 31.2 Å². The molecule has 0 saturated heterocycles. The van der Waals surface area contributed by atoms with Crippen molar-refractivity contribution in [3.63, 3.8) is 0 Å². The number of aromatic nitrogens is 3. The van der Waals surface area contributed by atoms with Crippen LogP contribution in [0.4, 0.5) is 0 Å². The molecular weight excluding hydrogens is 286 g/mol. The van der Waals surface area contributed by atoms with Crippen LogP contribution in [0.5, 0.6) is 0 Å². The fourth-order valence-electron chi connectivity index (χ4n) is 2.90. The summed E-state index contributed by atoms with van der Waals surface area (Å²) in [5.41, 5.74) is 6.66. The predicted molar refractivity (Wildman–Crippen MR) is 93.9 cm³/mol. The van der Waals surface area contributed by atoms with Crippen LogP contribution in [0.1, 0.15) is 16.7 Å². The van der Waals surface area contributed by atoms with E-state index in [4.69, 9.17) is 0 Å². The number of aryl methyl sites for hydroxylation is 3. The molecule has 0 saturated carbocycles. The third-order valence-electron chi connectivity index (χ3n) is 4.35. The van der Waals surface area contributed by atoms with Crippen LogP contribution in [0.25, 0.3) is 33.3 Å². The zero-order chi connectivity index (χ0) is 16.1. The molecule has 0 fully saturated rings. The Morgan fingerprint density at radius 1 is 0.870 bits per heavy atom. The largest absolute Gasteiger partial charge is 0.338 e. The van der Waals surface area contributed by atoms with Gasteiger partial charge in [0.25, 0.3) is 5.56 Å². The Labute approximate surface area is 133 Å². The summed E-state index contributed by atoms with van der Waals surface area (Å²) in [6, 6.07) is 12.0. The van der Waals surface area contributed by atoms with Crippen molar-refractivity contribution >= 4 is 21.9 Å². The molecule has 0 amide bonds. The fourth-order valence-corrected chi connectivity index (χ4v) is 2.90. The Morgan fingerprint density at radius 3 is 2.48 bits per heavy atom. The van der Waals surface area contributed by atoms with Crippen LogP contribution in [0.15, 0.2) is 41.2 Å². The molecule has 0 aliphatic heterocycles. The first-order valence-electron chi connectivity index (χ1n) is 7.62. The molecule has 0 aliphatic rings. The maximum atomic E-state index is 12.4. The summed E-state index contributed by atoms with van der Waals surface area (Å²) in [6.45, 7) is 6.17. The molecule has 2 N–H and O–H groups in total. The molecule has 0 bridgehead atoms. The number of pyridine rings is 1. The molecule has 0 spiro atoms. The Bertz CT molecular complexity index is 1080. The van der Waals surface area contributed by atoms with Gasteiger partial charge in [0.1, 0.15) is 5.82 Å². The molecule has 2 heterocycles. The lowest BCUT2D eigenvalue weighted by Crippen LogP contribution is -2.09. The van der Waals surface area contributed by atoms with Gasteiger partial charge in [0, 0.05) is 5.52 Å². The minimum Gasteiger partial charge on any atom is -0.338 e. The lowest BCUT2D eigenvalue weighted by molar-refractivity contribution is 1.25. The molecule has 114 valence electrons. The van der Waals surface area contributed by atoms with Crippen molar-refractivity contribution in [2.45, 2.75) is 20.8 Å². The van der Waals surface area contributed by atoms with Crippen LogP contribution in [-0.4, -0.2) is 15.0 Å². The Hall–Kier alpha value is -2.88. The van der Waals surface area contributed by atoms with Crippen molar-refractivity contribution in [2.75, 3.05) is 0 Å². The first-order chi connectivity index (χ1) is 11.0. The summed E-state index contributed by atoms with van der Waals surface area (Å²) in [7, 11) is 0. The quantitative estimate of drug-likeness (QED) is 0.558. The van der Waals surface area contributed by atoms with Crippen molar-refractivity contribution in [3.05, 3.63) is 63.4 Å². The highest BCUT2D eigenvalue weighted by Crippen LogP contribution is 2.23. The number of nitrogens with zero attached hydrogens (tertiary/aromatic N) is 1. The SMILES string of the molecule is Cc1ccc2[nH]c(=O)c(-c3nc4cc(C)c(C)cc4[nH]3)cc2c1. The summed E-state index contributed by atoms with van der Waals surface area (Å²) in [4.78, 5) is 23.2. The highest BCUT2D eigenvalue weighted by Gasteiger charge is 2.11. The van der Waals surface area contributed by atoms with Crippen molar-refractivity contribution in [1.29, 1.82) is 0 Å². The smallest absolute Gasteiger partial charge is 0.259 e. The molecule has 0 unspecified atom stereocenters. The van der Waals surface area contributed by atoms with Gasteiger partial charge in [0.2, 0.25) is 0 Å². The molecule has 0 atom stereocenters. The minimum atomic E-state index is -0.131. The van der Waals surface area contributed by atoms with Crippen LogP contribution in [0, 0.1) is 20.8 Å². The van der Waals surface area contributed by atoms with Crippen molar-refractivity contribution in [2.24, 2.45) is 0 Å². The normalized spacial score (nSPS) is 11.4. The number of aromatic amines is 2. The van der Waals surface area contributed by atoms with Gasteiger partial charge < -0.3 is 9.97 Å². The van der Waals surface area contributed by atoms with E-state index in [-0.39, 0.29) is 5.56 Å². The first-order valence-corrected chi connectivity index (χ1v) is 7.62. The zero-order valence-corrected chi connectivity index (χ0v) is 13.3. The van der Waals surface area contributed by atoms with Crippen molar-refractivity contribution < 1.29 is 0 Å². The summed E-state index contributed by atoms with van der Waals surface area (Å²) < 4.78 is 0. The molecule has 4 heteroatoms. The van der Waals surface area contributed by atoms with E-state index < -0.39 is 0 Å². The van der Waals surface area contributed by atoms with Crippen LogP contribution in [0.2, 0.25) is 0 Å². The number of rotatable bonds is 1. The van der Waals surface area contributed by atoms with Gasteiger partial charge >= 0.3 is 0 Å². The summed E-state index contributed by atoms with van der Waals surface area (Å²) in [6.07, 6.45) is 0. The van der Waals surface area contributed by atoms with Crippen LogP contribution >= 0.6 is 0 Å². The predicted octanol–water partition coefficient (Wildman–Crippen LogP) is 4.00. The van der Waals surface area contributed by atoms with Gasteiger partial charge in [-0.05, 0) is 67.6 Å². The molecule has 4 aromatic rings. The topological polar surface area (TPSA) is 61.5 Å². The van der Waals surface area contributed by atoms with Crippen molar-refractivity contribution in [3.8, 4) is 11.4 Å². The minimum absolute atomic E-state index is 0.131. The Kier molecular flexibility index (Phi) is 2.88. The van der Waals surface area contributed by atoms with Crippen LogP contribution in [-0.2, 0) is 0 Å². The second-order valence-electron chi connectivity index (χ2n) is 6.14. The summed E-state index contributed by atoms with van der Waals surface area (Å²) >= 11 is 0. The van der Waals surface area contributed by atoms with E-state index in [1.54, 1.807) is 0 Å². The van der Waals surface area contributed by atoms with Gasteiger partial charge in [0.05, 0.1) is 16.6 Å². The lowest BCUT2D eigenvalue weighted by Gasteiger charge is -2.02. The fraction of sp³-hybridized carbons (Fsp3) is 0.158. The first kappa shape index (κ1) is 13.8. The average molecular weight is 303 g/mol. The number of hydrogen-bond donors (Lipinski definition) is 2. The number of benzene rings is 2.